The lowest BCUT2D eigenvalue weighted by molar-refractivity contribution is 0.160. The average Bonchev–Trinajstić information content (AvgIpc) is 2.84. The van der Waals surface area contributed by atoms with Crippen LogP contribution in [0.1, 0.15) is 50.5 Å². The van der Waals surface area contributed by atoms with Gasteiger partial charge in [-0.05, 0) is 38.0 Å². The van der Waals surface area contributed by atoms with Gasteiger partial charge >= 0.3 is 0 Å². The zero-order valence-corrected chi connectivity index (χ0v) is 20.4. The lowest BCUT2D eigenvalue weighted by atomic mass is 9.88. The maximum atomic E-state index is 5.56. The molecule has 0 radical (unpaired) electrons. The van der Waals surface area contributed by atoms with Gasteiger partial charge in [0, 0.05) is 57.0 Å². The number of methoxy groups -OCH3 is 3. The third kappa shape index (κ3) is 6.92. The van der Waals surface area contributed by atoms with Crippen LogP contribution in [0.5, 0.6) is 17.2 Å². The quantitative estimate of drug-likeness (QED) is 0.447. The molecule has 2 N–H and O–H groups in total. The Hall–Kier alpha value is -2.15. The first-order chi connectivity index (χ1) is 15.7. The second-order valence-corrected chi connectivity index (χ2v) is 8.98. The summed E-state index contributed by atoms with van der Waals surface area (Å²) in [4.78, 5) is 7.11. The van der Waals surface area contributed by atoms with Crippen LogP contribution < -0.4 is 24.8 Å². The van der Waals surface area contributed by atoms with E-state index >= 15 is 0 Å². The number of hydrogen-bond donors (Lipinski definition) is 2. The molecule has 2 fully saturated rings. The van der Waals surface area contributed by atoms with Crippen molar-refractivity contribution in [1.82, 2.24) is 15.5 Å². The Morgan fingerprint density at radius 1 is 0.969 bits per heavy atom. The van der Waals surface area contributed by atoms with Crippen LogP contribution in [0.4, 0.5) is 0 Å². The van der Waals surface area contributed by atoms with E-state index in [4.69, 9.17) is 14.2 Å². The molecule has 2 aliphatic rings. The number of nitrogens with zero attached hydrogens (tertiary/aromatic N) is 2. The first-order valence-corrected chi connectivity index (χ1v) is 12.1. The number of benzene rings is 1. The topological polar surface area (TPSA) is 67.4 Å². The van der Waals surface area contributed by atoms with Gasteiger partial charge in [-0.2, -0.15) is 0 Å². The van der Waals surface area contributed by atoms with Gasteiger partial charge in [0.05, 0.1) is 21.3 Å². The minimum absolute atomic E-state index is 0.480. The number of aliphatic imine (C=N–C) groups is 1. The molecule has 1 heterocycles. The summed E-state index contributed by atoms with van der Waals surface area (Å²) in [5.74, 6) is 4.06. The minimum atomic E-state index is 0.480. The van der Waals surface area contributed by atoms with Crippen LogP contribution in [0.2, 0.25) is 0 Å². The molecule has 0 aromatic heterocycles. The number of hydrogen-bond acceptors (Lipinski definition) is 5. The highest BCUT2D eigenvalue weighted by atomic mass is 16.5. The molecule has 1 aliphatic carbocycles. The molecular weight excluding hydrogens is 404 g/mol. The van der Waals surface area contributed by atoms with Crippen LogP contribution >= 0.6 is 0 Å². The first kappa shape index (κ1) is 24.5. The lowest BCUT2D eigenvalue weighted by Gasteiger charge is -2.36. The van der Waals surface area contributed by atoms with E-state index in [1.165, 1.54) is 64.6 Å². The summed E-state index contributed by atoms with van der Waals surface area (Å²) in [6.07, 6.45) is 10.3. The van der Waals surface area contributed by atoms with Crippen molar-refractivity contribution in [3.63, 3.8) is 0 Å². The van der Waals surface area contributed by atoms with E-state index in [9.17, 15) is 0 Å². The zero-order valence-electron chi connectivity index (χ0n) is 20.4. The highest BCUT2D eigenvalue weighted by Crippen LogP contribution is 2.34. The Labute approximate surface area is 193 Å². The van der Waals surface area contributed by atoms with Crippen LogP contribution in [0.15, 0.2) is 17.1 Å². The third-order valence-corrected chi connectivity index (χ3v) is 6.88. The van der Waals surface area contributed by atoms with Gasteiger partial charge in [0.2, 0.25) is 0 Å². The predicted molar refractivity (Wildman–Crippen MR) is 130 cm³/mol. The fourth-order valence-electron chi connectivity index (χ4n) is 5.01. The van der Waals surface area contributed by atoms with Crippen LogP contribution in [0.3, 0.4) is 0 Å². The summed E-state index contributed by atoms with van der Waals surface area (Å²) in [6.45, 7) is 4.40. The largest absolute Gasteiger partial charge is 0.496 e. The van der Waals surface area contributed by atoms with Gasteiger partial charge in [0.25, 0.3) is 0 Å². The van der Waals surface area contributed by atoms with Crippen molar-refractivity contribution >= 4 is 5.96 Å². The van der Waals surface area contributed by atoms with Crippen molar-refractivity contribution in [3.8, 4) is 17.2 Å². The van der Waals surface area contributed by atoms with Crippen molar-refractivity contribution < 1.29 is 14.2 Å². The maximum Gasteiger partial charge on any atom is 0.191 e. The molecule has 180 valence electrons. The Morgan fingerprint density at radius 3 is 2.19 bits per heavy atom. The van der Waals surface area contributed by atoms with Crippen LogP contribution in [0, 0.1) is 5.92 Å². The molecule has 0 atom stereocenters. The zero-order chi connectivity index (χ0) is 22.8. The molecule has 0 amide bonds. The van der Waals surface area contributed by atoms with Gasteiger partial charge in [-0.15, -0.1) is 0 Å². The molecule has 1 aromatic carbocycles. The van der Waals surface area contributed by atoms with Crippen molar-refractivity contribution in [1.29, 1.82) is 0 Å². The van der Waals surface area contributed by atoms with Gasteiger partial charge in [-0.1, -0.05) is 19.3 Å². The molecule has 32 heavy (non-hydrogen) atoms. The molecule has 1 aromatic rings. The number of ether oxygens (including phenoxy) is 3. The average molecular weight is 447 g/mol. The van der Waals surface area contributed by atoms with Gasteiger partial charge in [0.15, 0.2) is 5.96 Å². The predicted octanol–water partition coefficient (Wildman–Crippen LogP) is 3.46. The van der Waals surface area contributed by atoms with Gasteiger partial charge in [-0.25, -0.2) is 0 Å². The Kier molecular flexibility index (Phi) is 9.78. The summed E-state index contributed by atoms with van der Waals surface area (Å²) in [7, 11) is 6.83. The molecule has 7 heteroatoms. The van der Waals surface area contributed by atoms with Crippen LogP contribution in [-0.4, -0.2) is 71.5 Å². The van der Waals surface area contributed by atoms with E-state index in [1.54, 1.807) is 21.3 Å². The van der Waals surface area contributed by atoms with E-state index in [0.29, 0.717) is 6.04 Å². The maximum absolute atomic E-state index is 5.56. The number of piperidine rings is 1. The van der Waals surface area contributed by atoms with E-state index < -0.39 is 0 Å². The summed E-state index contributed by atoms with van der Waals surface area (Å²) in [5, 5.41) is 7.08. The fourth-order valence-corrected chi connectivity index (χ4v) is 5.01. The lowest BCUT2D eigenvalue weighted by Crippen LogP contribution is -2.49. The molecule has 1 saturated heterocycles. The summed E-state index contributed by atoms with van der Waals surface area (Å²) >= 11 is 0. The summed E-state index contributed by atoms with van der Waals surface area (Å²) in [5.41, 5.74) is 1.02. The summed E-state index contributed by atoms with van der Waals surface area (Å²) in [6, 6.07) is 4.27. The van der Waals surface area contributed by atoms with Crippen LogP contribution in [0.25, 0.3) is 0 Å². The van der Waals surface area contributed by atoms with Crippen molar-refractivity contribution in [2.75, 3.05) is 54.6 Å². The number of nitrogens with one attached hydrogen (secondary N) is 2. The van der Waals surface area contributed by atoms with E-state index in [-0.39, 0.29) is 0 Å². The minimum Gasteiger partial charge on any atom is -0.496 e. The monoisotopic (exact) mass is 446 g/mol. The smallest absolute Gasteiger partial charge is 0.191 e. The standard InChI is InChI=1S/C25H42N4O3/c1-26-25(27-13-10-22-23(31-3)16-21(30-2)17-24(22)32-4)28-20-11-14-29(15-12-20)18-19-8-6-5-7-9-19/h16-17,19-20H,5-15,18H2,1-4H3,(H2,26,27,28). The Balaban J connectivity index is 1.44. The molecule has 1 aliphatic heterocycles. The first-order valence-electron chi connectivity index (χ1n) is 12.1. The normalized spacial score (nSPS) is 18.9. The SMILES string of the molecule is CN=C(NCCc1c(OC)cc(OC)cc1OC)NC1CCN(CC2CCCCC2)CC1. The number of likely N-dealkylation sites (tertiary alicyclic amines) is 1. The Morgan fingerprint density at radius 2 is 1.62 bits per heavy atom. The molecule has 7 nitrogen and oxygen atoms in total. The second-order valence-electron chi connectivity index (χ2n) is 8.98. The summed E-state index contributed by atoms with van der Waals surface area (Å²) < 4.78 is 16.5. The van der Waals surface area contributed by atoms with Gasteiger partial charge in [0.1, 0.15) is 17.2 Å². The van der Waals surface area contributed by atoms with Crippen molar-refractivity contribution in [3.05, 3.63) is 17.7 Å². The third-order valence-electron chi connectivity index (χ3n) is 6.88. The van der Waals surface area contributed by atoms with E-state index in [2.05, 4.69) is 20.5 Å². The number of guanidine groups is 1. The molecule has 0 spiro atoms. The fraction of sp³-hybridized carbons (Fsp3) is 0.720. The second kappa shape index (κ2) is 12.8. The number of rotatable bonds is 9. The van der Waals surface area contributed by atoms with Gasteiger partial charge < -0.3 is 29.7 Å². The van der Waals surface area contributed by atoms with E-state index in [1.807, 2.05) is 19.2 Å². The molecule has 0 unspecified atom stereocenters. The molecular formula is C25H42N4O3. The van der Waals surface area contributed by atoms with Crippen LogP contribution in [-0.2, 0) is 6.42 Å². The van der Waals surface area contributed by atoms with Crippen molar-refractivity contribution in [2.24, 2.45) is 10.9 Å². The molecule has 0 bridgehead atoms. The van der Waals surface area contributed by atoms with Gasteiger partial charge in [-0.3, -0.25) is 4.99 Å². The van der Waals surface area contributed by atoms with E-state index in [0.717, 1.165) is 47.7 Å². The molecule has 1 saturated carbocycles. The van der Waals surface area contributed by atoms with Crippen molar-refractivity contribution in [2.45, 2.75) is 57.4 Å². The highest BCUT2D eigenvalue weighted by Gasteiger charge is 2.23. The molecule has 3 rings (SSSR count). The Bertz CT molecular complexity index is 701. The highest BCUT2D eigenvalue weighted by molar-refractivity contribution is 5.80.